The van der Waals surface area contributed by atoms with E-state index in [4.69, 9.17) is 4.74 Å². The molecular formula is C20H20N2O. The molecule has 0 bridgehead atoms. The molecule has 0 aromatic heterocycles. The summed E-state index contributed by atoms with van der Waals surface area (Å²) in [6.45, 7) is 2.01. The van der Waals surface area contributed by atoms with Crippen molar-refractivity contribution in [3.05, 3.63) is 83.8 Å². The van der Waals surface area contributed by atoms with Crippen LogP contribution >= 0.6 is 0 Å². The highest BCUT2D eigenvalue weighted by Gasteiger charge is 2.22. The van der Waals surface area contributed by atoms with Crippen LogP contribution in [0.25, 0.3) is 0 Å². The van der Waals surface area contributed by atoms with Crippen molar-refractivity contribution in [2.45, 2.75) is 6.92 Å². The molecule has 116 valence electrons. The molecular weight excluding hydrogens is 284 g/mol. The van der Waals surface area contributed by atoms with Gasteiger partial charge in [-0.05, 0) is 30.7 Å². The second-order valence-electron chi connectivity index (χ2n) is 5.31. The second-order valence-corrected chi connectivity index (χ2v) is 5.31. The fourth-order valence-corrected chi connectivity index (χ4v) is 2.69. The van der Waals surface area contributed by atoms with E-state index in [1.165, 1.54) is 0 Å². The van der Waals surface area contributed by atoms with Crippen LogP contribution in [-0.4, -0.2) is 19.8 Å². The Morgan fingerprint density at radius 3 is 2.70 bits per heavy atom. The van der Waals surface area contributed by atoms with E-state index in [0.29, 0.717) is 0 Å². The van der Waals surface area contributed by atoms with Crippen LogP contribution in [0.5, 0.6) is 5.75 Å². The Morgan fingerprint density at radius 2 is 1.96 bits per heavy atom. The first kappa shape index (κ1) is 15.1. The summed E-state index contributed by atoms with van der Waals surface area (Å²) in [6.07, 6.45) is 14.3. The summed E-state index contributed by atoms with van der Waals surface area (Å²) in [6, 6.07) is 8.04. The van der Waals surface area contributed by atoms with Gasteiger partial charge in [-0.2, -0.15) is 0 Å². The van der Waals surface area contributed by atoms with Gasteiger partial charge in [-0.1, -0.05) is 42.5 Å². The quantitative estimate of drug-likeness (QED) is 0.807. The van der Waals surface area contributed by atoms with Crippen molar-refractivity contribution in [1.82, 2.24) is 0 Å². The number of benzene rings is 1. The number of para-hydroxylation sites is 2. The molecule has 0 saturated heterocycles. The van der Waals surface area contributed by atoms with Crippen LogP contribution in [0.3, 0.4) is 0 Å². The van der Waals surface area contributed by atoms with Gasteiger partial charge in [-0.15, -0.1) is 0 Å². The van der Waals surface area contributed by atoms with Crippen molar-refractivity contribution in [3.63, 3.8) is 0 Å². The van der Waals surface area contributed by atoms with Gasteiger partial charge < -0.3 is 9.64 Å². The lowest BCUT2D eigenvalue weighted by Crippen LogP contribution is -2.14. The second kappa shape index (κ2) is 6.53. The number of fused-ring (bicyclic) bond motifs is 1. The third-order valence-corrected chi connectivity index (χ3v) is 3.85. The van der Waals surface area contributed by atoms with Gasteiger partial charge in [0, 0.05) is 25.7 Å². The molecule has 0 radical (unpaired) electrons. The van der Waals surface area contributed by atoms with Crippen molar-refractivity contribution in [1.29, 1.82) is 0 Å². The SMILES string of the molecule is C\C=C/C(/C=C1\Oc2ccccc2N1C)=C1/C=CC=C/C1=N\C. The van der Waals surface area contributed by atoms with Crippen LogP contribution in [0.2, 0.25) is 0 Å². The van der Waals surface area contributed by atoms with Gasteiger partial charge in [-0.3, -0.25) is 4.99 Å². The molecule has 1 aliphatic carbocycles. The zero-order chi connectivity index (χ0) is 16.2. The van der Waals surface area contributed by atoms with E-state index in [1.54, 1.807) is 0 Å². The molecule has 1 aromatic rings. The number of ether oxygens (including phenoxy) is 1. The summed E-state index contributed by atoms with van der Waals surface area (Å²) in [7, 11) is 3.83. The summed E-state index contributed by atoms with van der Waals surface area (Å²) in [5, 5.41) is 0. The maximum atomic E-state index is 5.99. The summed E-state index contributed by atoms with van der Waals surface area (Å²) in [4.78, 5) is 6.43. The fraction of sp³-hybridized carbons (Fsp3) is 0.150. The van der Waals surface area contributed by atoms with Crippen LogP contribution in [-0.2, 0) is 0 Å². The average molecular weight is 304 g/mol. The van der Waals surface area contributed by atoms with Crippen molar-refractivity contribution in [2.75, 3.05) is 19.0 Å². The molecule has 3 nitrogen and oxygen atoms in total. The Morgan fingerprint density at radius 1 is 1.17 bits per heavy atom. The number of hydrogen-bond donors (Lipinski definition) is 0. The smallest absolute Gasteiger partial charge is 0.201 e. The number of rotatable bonds is 2. The van der Waals surface area contributed by atoms with E-state index in [9.17, 15) is 0 Å². The standard InChI is InChI=1S/C20H20N2O/c1-4-9-15(16-10-5-6-11-17(16)21-2)14-20-22(3)18-12-7-8-13-19(18)23-20/h4-14H,1-3H3/b9-4-,16-15+,20-14-,21-17+. The van der Waals surface area contributed by atoms with Gasteiger partial charge in [0.1, 0.15) is 0 Å². The molecule has 1 heterocycles. The molecule has 2 aliphatic rings. The van der Waals surface area contributed by atoms with Gasteiger partial charge in [-0.25, -0.2) is 0 Å². The molecule has 0 N–H and O–H groups in total. The minimum atomic E-state index is 0.810. The number of aliphatic imine (C=N–C) groups is 1. The third-order valence-electron chi connectivity index (χ3n) is 3.85. The molecule has 3 rings (SSSR count). The molecule has 1 aromatic carbocycles. The first-order valence-corrected chi connectivity index (χ1v) is 7.65. The monoisotopic (exact) mass is 304 g/mol. The van der Waals surface area contributed by atoms with Gasteiger partial charge >= 0.3 is 0 Å². The Bertz CT molecular complexity index is 792. The average Bonchev–Trinajstić information content (AvgIpc) is 2.91. The summed E-state index contributed by atoms with van der Waals surface area (Å²) >= 11 is 0. The van der Waals surface area contributed by atoms with Gasteiger partial charge in [0.05, 0.1) is 11.4 Å². The summed E-state index contributed by atoms with van der Waals surface area (Å²) in [5.41, 5.74) is 4.21. The Hall–Kier alpha value is -2.81. The van der Waals surface area contributed by atoms with E-state index >= 15 is 0 Å². The Kier molecular flexibility index (Phi) is 4.29. The molecule has 3 heteroatoms. The molecule has 0 amide bonds. The van der Waals surface area contributed by atoms with Gasteiger partial charge in [0.2, 0.25) is 5.88 Å². The van der Waals surface area contributed by atoms with E-state index in [0.717, 1.165) is 34.2 Å². The predicted octanol–water partition coefficient (Wildman–Crippen LogP) is 4.43. The van der Waals surface area contributed by atoms with Crippen molar-refractivity contribution >= 4 is 11.4 Å². The van der Waals surface area contributed by atoms with E-state index in [1.807, 2.05) is 63.5 Å². The number of nitrogens with zero attached hydrogens (tertiary/aromatic N) is 2. The molecule has 0 unspecified atom stereocenters. The maximum absolute atomic E-state index is 5.99. The van der Waals surface area contributed by atoms with E-state index < -0.39 is 0 Å². The lowest BCUT2D eigenvalue weighted by Gasteiger charge is -2.13. The molecule has 23 heavy (non-hydrogen) atoms. The van der Waals surface area contributed by atoms with Crippen LogP contribution in [0.4, 0.5) is 5.69 Å². The van der Waals surface area contributed by atoms with E-state index in [2.05, 4.69) is 34.2 Å². The molecule has 0 spiro atoms. The first-order valence-electron chi connectivity index (χ1n) is 7.65. The minimum absolute atomic E-state index is 0.810. The fourth-order valence-electron chi connectivity index (χ4n) is 2.69. The lowest BCUT2D eigenvalue weighted by molar-refractivity contribution is 0.443. The minimum Gasteiger partial charge on any atom is -0.439 e. The van der Waals surface area contributed by atoms with E-state index in [-0.39, 0.29) is 0 Å². The van der Waals surface area contributed by atoms with Crippen LogP contribution in [0.1, 0.15) is 6.92 Å². The summed E-state index contributed by atoms with van der Waals surface area (Å²) in [5.74, 6) is 1.69. The largest absolute Gasteiger partial charge is 0.439 e. The number of allylic oxidation sites excluding steroid dienone is 9. The number of hydrogen-bond acceptors (Lipinski definition) is 3. The summed E-state index contributed by atoms with van der Waals surface area (Å²) < 4.78 is 5.99. The van der Waals surface area contributed by atoms with Crippen molar-refractivity contribution in [3.8, 4) is 5.75 Å². The van der Waals surface area contributed by atoms with Crippen LogP contribution in [0, 0.1) is 0 Å². The number of anilines is 1. The van der Waals surface area contributed by atoms with Crippen LogP contribution < -0.4 is 9.64 Å². The zero-order valence-electron chi connectivity index (χ0n) is 13.7. The predicted molar refractivity (Wildman–Crippen MR) is 97.0 cm³/mol. The normalized spacial score (nSPS) is 22.1. The van der Waals surface area contributed by atoms with Gasteiger partial charge in [0.15, 0.2) is 5.75 Å². The van der Waals surface area contributed by atoms with Gasteiger partial charge in [0.25, 0.3) is 0 Å². The topological polar surface area (TPSA) is 24.8 Å². The van der Waals surface area contributed by atoms with Crippen molar-refractivity contribution < 1.29 is 4.74 Å². The first-order chi connectivity index (χ1) is 11.2. The van der Waals surface area contributed by atoms with Crippen LogP contribution in [0.15, 0.2) is 88.8 Å². The highest BCUT2D eigenvalue weighted by Crippen LogP contribution is 2.38. The maximum Gasteiger partial charge on any atom is 0.201 e. The molecule has 0 saturated carbocycles. The molecule has 0 atom stereocenters. The Labute approximate surface area is 137 Å². The highest BCUT2D eigenvalue weighted by molar-refractivity contribution is 6.12. The molecule has 1 aliphatic heterocycles. The molecule has 0 fully saturated rings. The third kappa shape index (κ3) is 2.90. The zero-order valence-corrected chi connectivity index (χ0v) is 13.7. The highest BCUT2D eigenvalue weighted by atomic mass is 16.5. The van der Waals surface area contributed by atoms with Crippen molar-refractivity contribution in [2.24, 2.45) is 4.99 Å². The Balaban J connectivity index is 2.05. The lowest BCUT2D eigenvalue weighted by atomic mass is 9.98.